The van der Waals surface area contributed by atoms with Crippen molar-refractivity contribution in [3.8, 4) is 11.5 Å². The van der Waals surface area contributed by atoms with E-state index in [4.69, 9.17) is 0 Å². The fourth-order valence-corrected chi connectivity index (χ4v) is 4.86. The first-order chi connectivity index (χ1) is 13.8. The molecule has 0 atom stereocenters. The Morgan fingerprint density at radius 1 is 0.931 bits per heavy atom. The molecule has 0 spiro atoms. The molecule has 0 heterocycles. The van der Waals surface area contributed by atoms with Crippen LogP contribution in [0, 0.1) is 11.5 Å². The van der Waals surface area contributed by atoms with Crippen LogP contribution >= 0.6 is 0 Å². The van der Waals surface area contributed by atoms with Crippen molar-refractivity contribution in [2.24, 2.45) is 0 Å². The van der Waals surface area contributed by atoms with Gasteiger partial charge in [-0.1, -0.05) is 68.2 Å². The molecule has 0 unspecified atom stereocenters. The highest BCUT2D eigenvalue weighted by Gasteiger charge is 2.19. The molecule has 0 fully saturated rings. The first kappa shape index (κ1) is 23.0. The van der Waals surface area contributed by atoms with Gasteiger partial charge in [0.15, 0.2) is 0 Å². The Morgan fingerprint density at radius 2 is 1.55 bits per heavy atom. The van der Waals surface area contributed by atoms with Crippen LogP contribution in [-0.4, -0.2) is 16.5 Å². The molecule has 0 aliphatic heterocycles. The minimum absolute atomic E-state index is 0.328. The van der Waals surface area contributed by atoms with E-state index in [0.29, 0.717) is 22.6 Å². The number of rotatable bonds is 8. The van der Waals surface area contributed by atoms with Crippen LogP contribution in [0.4, 0.5) is 0 Å². The second kappa shape index (κ2) is 11.0. The normalized spacial score (nSPS) is 11.1. The Bertz CT molecular complexity index is 999. The molecular weight excluding hydrogens is 392 g/mol. The minimum Gasteiger partial charge on any atom is -0.218 e. The van der Waals surface area contributed by atoms with Gasteiger partial charge in [-0.3, -0.25) is 0 Å². The van der Waals surface area contributed by atoms with Crippen LogP contribution in [0.2, 0.25) is 19.6 Å². The van der Waals surface area contributed by atoms with Crippen molar-refractivity contribution in [3.05, 3.63) is 82.9 Å². The van der Waals surface area contributed by atoms with Crippen molar-refractivity contribution in [1.29, 1.82) is 0 Å². The van der Waals surface area contributed by atoms with Gasteiger partial charge in [0.05, 0.1) is 9.80 Å². The molecule has 0 radical (unpaired) electrons. The minimum atomic E-state index is -3.53. The van der Waals surface area contributed by atoms with Crippen LogP contribution in [0.1, 0.15) is 31.2 Å². The fourth-order valence-electron chi connectivity index (χ4n) is 2.75. The Hall–Kier alpha value is -2.31. The molecule has 152 valence electrons. The zero-order valence-electron chi connectivity index (χ0n) is 17.6. The second-order valence-electron chi connectivity index (χ2n) is 8.04. The van der Waals surface area contributed by atoms with E-state index in [1.165, 1.54) is 0 Å². The average molecular weight is 423 g/mol. The number of allylic oxidation sites excluding steroid dienone is 1. The van der Waals surface area contributed by atoms with Crippen molar-refractivity contribution in [1.82, 2.24) is 0 Å². The van der Waals surface area contributed by atoms with E-state index in [9.17, 15) is 8.42 Å². The molecule has 0 aliphatic carbocycles. The largest absolute Gasteiger partial charge is 0.218 e. The summed E-state index contributed by atoms with van der Waals surface area (Å²) in [5.41, 5.74) is 7.59. The van der Waals surface area contributed by atoms with Crippen molar-refractivity contribution in [3.63, 3.8) is 0 Å². The fraction of sp³-hybridized carbons (Fsp3) is 0.320. The molecule has 0 amide bonds. The van der Waals surface area contributed by atoms with Gasteiger partial charge in [-0.05, 0) is 49.5 Å². The average Bonchev–Trinajstić information content (AvgIpc) is 2.69. The molecule has 0 N–H and O–H groups in total. The van der Waals surface area contributed by atoms with Gasteiger partial charge in [0.25, 0.3) is 0 Å². The summed E-state index contributed by atoms with van der Waals surface area (Å²) in [5.74, 6) is 3.26. The molecule has 0 saturated heterocycles. The highest BCUT2D eigenvalue weighted by molar-refractivity contribution is 7.95. The maximum atomic E-state index is 13.1. The monoisotopic (exact) mass is 422 g/mol. The predicted octanol–water partition coefficient (Wildman–Crippen LogP) is 6.18. The third kappa shape index (κ3) is 8.29. The zero-order chi connectivity index (χ0) is 21.2. The van der Waals surface area contributed by atoms with E-state index in [2.05, 4.69) is 36.8 Å². The maximum absolute atomic E-state index is 13.1. The molecule has 4 heteroatoms. The van der Waals surface area contributed by atoms with Gasteiger partial charge in [-0.15, -0.1) is 17.2 Å². The summed E-state index contributed by atoms with van der Waals surface area (Å²) < 4.78 is 26.2. The molecule has 2 rings (SSSR count). The zero-order valence-corrected chi connectivity index (χ0v) is 19.4. The van der Waals surface area contributed by atoms with Gasteiger partial charge >= 0.3 is 0 Å². The summed E-state index contributed by atoms with van der Waals surface area (Å²) in [6.07, 6.45) is 5.47. The standard InChI is InChI=1S/C25H30O2SSi/c1-29(2,3)22-13-5-4-10-18-25(21-14-17-23-15-8-6-9-16-23)28(26,27)24-19-11-7-12-20-24/h6-9,11-12,14-16,19-20H,4-5,10,17-18H2,1-3H3. The lowest BCUT2D eigenvalue weighted by atomic mass is 10.1. The van der Waals surface area contributed by atoms with Gasteiger partial charge < -0.3 is 0 Å². The van der Waals surface area contributed by atoms with Crippen LogP contribution in [0.5, 0.6) is 0 Å². The molecule has 29 heavy (non-hydrogen) atoms. The number of hydrogen-bond donors (Lipinski definition) is 0. The Morgan fingerprint density at radius 3 is 2.17 bits per heavy atom. The first-order valence-corrected chi connectivity index (χ1v) is 15.1. The summed E-state index contributed by atoms with van der Waals surface area (Å²) in [4.78, 5) is 0.687. The SMILES string of the molecule is C[Si](C)(C)C#CCCCCC(=C=CCc1ccccc1)S(=O)(=O)c1ccccc1. The van der Waals surface area contributed by atoms with Crippen molar-refractivity contribution < 1.29 is 8.42 Å². The van der Waals surface area contributed by atoms with Gasteiger partial charge in [-0.2, -0.15) is 0 Å². The van der Waals surface area contributed by atoms with Gasteiger partial charge in [0, 0.05) is 6.42 Å². The Labute approximate surface area is 177 Å². The lowest BCUT2D eigenvalue weighted by Gasteiger charge is -2.07. The third-order valence-electron chi connectivity index (χ3n) is 4.24. The lowest BCUT2D eigenvalue weighted by molar-refractivity contribution is 0.598. The smallest absolute Gasteiger partial charge is 0.210 e. The quantitative estimate of drug-likeness (QED) is 0.220. The summed E-state index contributed by atoms with van der Waals surface area (Å²) in [5, 5.41) is 0. The molecular formula is C25H30O2SSi. The number of hydrogen-bond acceptors (Lipinski definition) is 2. The first-order valence-electron chi connectivity index (χ1n) is 10.1. The second-order valence-corrected chi connectivity index (χ2v) is 14.8. The number of benzene rings is 2. The Balaban J connectivity index is 2.15. The van der Waals surface area contributed by atoms with Gasteiger partial charge in [0.1, 0.15) is 8.07 Å². The molecule has 2 aromatic carbocycles. The van der Waals surface area contributed by atoms with Gasteiger partial charge in [-0.25, -0.2) is 8.42 Å². The van der Waals surface area contributed by atoms with E-state index < -0.39 is 17.9 Å². The van der Waals surface area contributed by atoms with E-state index in [-0.39, 0.29) is 0 Å². The van der Waals surface area contributed by atoms with E-state index in [1.807, 2.05) is 42.5 Å². The molecule has 2 nitrogen and oxygen atoms in total. The Kier molecular flexibility index (Phi) is 8.73. The van der Waals surface area contributed by atoms with Gasteiger partial charge in [0.2, 0.25) is 9.84 Å². The summed E-state index contributed by atoms with van der Waals surface area (Å²) in [6, 6.07) is 18.6. The highest BCUT2D eigenvalue weighted by Crippen LogP contribution is 2.23. The maximum Gasteiger partial charge on any atom is 0.210 e. The van der Waals surface area contributed by atoms with E-state index >= 15 is 0 Å². The predicted molar refractivity (Wildman–Crippen MR) is 125 cm³/mol. The highest BCUT2D eigenvalue weighted by atomic mass is 32.2. The third-order valence-corrected chi connectivity index (χ3v) is 7.03. The summed E-state index contributed by atoms with van der Waals surface area (Å²) >= 11 is 0. The number of sulfone groups is 1. The summed E-state index contributed by atoms with van der Waals surface area (Å²) in [6.45, 7) is 6.68. The van der Waals surface area contributed by atoms with Crippen molar-refractivity contribution in [2.45, 2.75) is 56.6 Å². The molecule has 0 bridgehead atoms. The van der Waals surface area contributed by atoms with Crippen LogP contribution in [0.3, 0.4) is 0 Å². The van der Waals surface area contributed by atoms with E-state index in [0.717, 1.165) is 24.8 Å². The lowest BCUT2D eigenvalue weighted by Crippen LogP contribution is -2.16. The topological polar surface area (TPSA) is 34.1 Å². The van der Waals surface area contributed by atoms with Crippen LogP contribution in [-0.2, 0) is 16.3 Å². The van der Waals surface area contributed by atoms with Crippen molar-refractivity contribution in [2.75, 3.05) is 0 Å². The van der Waals surface area contributed by atoms with Crippen LogP contribution < -0.4 is 0 Å². The summed E-state index contributed by atoms with van der Waals surface area (Å²) in [7, 11) is -4.87. The molecule has 2 aromatic rings. The van der Waals surface area contributed by atoms with Crippen LogP contribution in [0.15, 0.2) is 82.3 Å². The number of unbranched alkanes of at least 4 members (excludes halogenated alkanes) is 2. The molecule has 0 saturated carbocycles. The van der Waals surface area contributed by atoms with Crippen LogP contribution in [0.25, 0.3) is 0 Å². The molecule has 0 aromatic heterocycles. The van der Waals surface area contributed by atoms with E-state index in [1.54, 1.807) is 24.3 Å². The van der Waals surface area contributed by atoms with Crippen molar-refractivity contribution >= 4 is 17.9 Å². The molecule has 0 aliphatic rings.